The average molecular weight is 299 g/mol. The largest absolute Gasteiger partial charge is 0.363 e. The zero-order chi connectivity index (χ0) is 14.5. The molecule has 1 rings (SSSR count). The van der Waals surface area contributed by atoms with E-state index in [-0.39, 0.29) is 17.6 Å². The third-order valence-corrected chi connectivity index (χ3v) is 4.81. The molecule has 0 spiro atoms. The zero-order valence-corrected chi connectivity index (χ0v) is 13.0. The van der Waals surface area contributed by atoms with E-state index in [0.29, 0.717) is 5.13 Å². The first-order valence-corrected chi connectivity index (χ1v) is 7.58. The molecule has 19 heavy (non-hydrogen) atoms. The van der Waals surface area contributed by atoms with Crippen molar-refractivity contribution in [1.82, 2.24) is 15.5 Å². The van der Waals surface area contributed by atoms with Gasteiger partial charge in [0.25, 0.3) is 0 Å². The number of aromatic nitrogens is 2. The van der Waals surface area contributed by atoms with Crippen molar-refractivity contribution in [3.63, 3.8) is 0 Å². The molecule has 8 heteroatoms. The molecular weight excluding hydrogens is 282 g/mol. The normalized spacial score (nSPS) is 13.7. The Kier molecular flexibility index (Phi) is 5.57. The summed E-state index contributed by atoms with van der Waals surface area (Å²) in [6, 6.07) is 2.14. The van der Waals surface area contributed by atoms with Crippen LogP contribution in [-0.4, -0.2) is 34.4 Å². The Morgan fingerprint density at radius 3 is 2.74 bits per heavy atom. The molecule has 6 nitrogen and oxygen atoms in total. The van der Waals surface area contributed by atoms with Crippen LogP contribution < -0.4 is 10.6 Å². The molecule has 0 fully saturated rings. The van der Waals surface area contributed by atoms with Gasteiger partial charge in [-0.2, -0.15) is 5.26 Å². The van der Waals surface area contributed by atoms with E-state index < -0.39 is 5.54 Å². The van der Waals surface area contributed by atoms with Gasteiger partial charge < -0.3 is 10.6 Å². The highest BCUT2D eigenvalue weighted by Crippen LogP contribution is 2.25. The van der Waals surface area contributed by atoms with Crippen LogP contribution in [0.25, 0.3) is 0 Å². The maximum absolute atomic E-state index is 11.8. The first-order valence-electron chi connectivity index (χ1n) is 5.77. The molecule has 2 N–H and O–H groups in total. The Balaban J connectivity index is 2.50. The van der Waals surface area contributed by atoms with Crippen LogP contribution in [0.5, 0.6) is 0 Å². The van der Waals surface area contributed by atoms with Gasteiger partial charge in [-0.3, -0.25) is 4.79 Å². The van der Waals surface area contributed by atoms with Gasteiger partial charge in [0.2, 0.25) is 11.0 Å². The molecule has 1 heterocycles. The highest BCUT2D eigenvalue weighted by atomic mass is 32.2. The topological polar surface area (TPSA) is 90.7 Å². The van der Waals surface area contributed by atoms with E-state index in [4.69, 9.17) is 5.26 Å². The molecule has 0 aliphatic rings. The van der Waals surface area contributed by atoms with Crippen molar-refractivity contribution in [3.05, 3.63) is 0 Å². The molecule has 1 amide bonds. The van der Waals surface area contributed by atoms with Crippen molar-refractivity contribution < 1.29 is 4.79 Å². The first kappa shape index (κ1) is 15.7. The SMILES string of the molecule is CNc1nnc(SCC(=O)N[C@@](C)(C#N)C(C)C)s1. The van der Waals surface area contributed by atoms with E-state index in [1.807, 2.05) is 13.8 Å². The lowest BCUT2D eigenvalue weighted by Crippen LogP contribution is -2.49. The van der Waals surface area contributed by atoms with Gasteiger partial charge in [0.1, 0.15) is 5.54 Å². The van der Waals surface area contributed by atoms with Crippen molar-refractivity contribution in [2.24, 2.45) is 5.92 Å². The first-order chi connectivity index (χ1) is 8.91. The molecule has 0 aromatic carbocycles. The molecule has 0 radical (unpaired) electrons. The van der Waals surface area contributed by atoms with Crippen LogP contribution in [0.1, 0.15) is 20.8 Å². The van der Waals surface area contributed by atoms with Gasteiger partial charge in [-0.1, -0.05) is 36.9 Å². The Bertz CT molecular complexity index is 482. The molecule has 1 aromatic heterocycles. The lowest BCUT2D eigenvalue weighted by molar-refractivity contribution is -0.120. The summed E-state index contributed by atoms with van der Waals surface area (Å²) in [4.78, 5) is 11.8. The van der Waals surface area contributed by atoms with Gasteiger partial charge in [-0.05, 0) is 12.8 Å². The number of hydrogen-bond donors (Lipinski definition) is 2. The lowest BCUT2D eigenvalue weighted by atomic mass is 9.90. The zero-order valence-electron chi connectivity index (χ0n) is 11.4. The number of hydrogen-bond acceptors (Lipinski definition) is 7. The number of nitrogens with zero attached hydrogens (tertiary/aromatic N) is 3. The van der Waals surface area contributed by atoms with Gasteiger partial charge in [-0.25, -0.2) is 0 Å². The second-order valence-corrected chi connectivity index (χ2v) is 6.63. The average Bonchev–Trinajstić information content (AvgIpc) is 2.84. The van der Waals surface area contributed by atoms with Crippen LogP contribution in [0.4, 0.5) is 5.13 Å². The van der Waals surface area contributed by atoms with Gasteiger partial charge in [0.05, 0.1) is 11.8 Å². The van der Waals surface area contributed by atoms with Crippen molar-refractivity contribution in [3.8, 4) is 6.07 Å². The van der Waals surface area contributed by atoms with Gasteiger partial charge in [-0.15, -0.1) is 10.2 Å². The third-order valence-electron chi connectivity index (χ3n) is 2.73. The number of thioether (sulfide) groups is 1. The Labute approximate surface area is 121 Å². The molecule has 0 bridgehead atoms. The predicted octanol–water partition coefficient (Wildman–Crippen LogP) is 1.73. The van der Waals surface area contributed by atoms with Crippen molar-refractivity contribution in [1.29, 1.82) is 5.26 Å². The standard InChI is InChI=1S/C11H17N5OS2/c1-7(2)11(3,6-12)14-8(17)5-18-10-16-15-9(13-4)19-10/h7H,5H2,1-4H3,(H,13,15)(H,14,17)/t11-/m0/s1. The number of amides is 1. The smallest absolute Gasteiger partial charge is 0.231 e. The fourth-order valence-corrected chi connectivity index (χ4v) is 2.63. The monoisotopic (exact) mass is 299 g/mol. The number of carbonyl (C=O) groups excluding carboxylic acids is 1. The minimum Gasteiger partial charge on any atom is -0.363 e. The van der Waals surface area contributed by atoms with Gasteiger partial charge in [0, 0.05) is 7.05 Å². The van der Waals surface area contributed by atoms with Crippen LogP contribution in [0, 0.1) is 17.2 Å². The summed E-state index contributed by atoms with van der Waals surface area (Å²) in [5.41, 5.74) is -0.838. The number of rotatable bonds is 6. The number of anilines is 1. The van der Waals surface area contributed by atoms with E-state index in [2.05, 4.69) is 26.9 Å². The van der Waals surface area contributed by atoms with Crippen LogP contribution in [-0.2, 0) is 4.79 Å². The molecule has 0 saturated heterocycles. The highest BCUT2D eigenvalue weighted by molar-refractivity contribution is 8.01. The van der Waals surface area contributed by atoms with Crippen LogP contribution >= 0.6 is 23.1 Å². The summed E-state index contributed by atoms with van der Waals surface area (Å²) >= 11 is 2.70. The number of nitriles is 1. The highest BCUT2D eigenvalue weighted by Gasteiger charge is 2.29. The second-order valence-electron chi connectivity index (χ2n) is 4.43. The molecule has 104 valence electrons. The predicted molar refractivity (Wildman–Crippen MR) is 77.2 cm³/mol. The van der Waals surface area contributed by atoms with Crippen LogP contribution in [0.15, 0.2) is 4.34 Å². The Morgan fingerprint density at radius 1 is 1.58 bits per heavy atom. The molecule has 0 saturated carbocycles. The van der Waals surface area contributed by atoms with Crippen LogP contribution in [0.2, 0.25) is 0 Å². The molecule has 1 aromatic rings. The Hall–Kier alpha value is -1.33. The van der Waals surface area contributed by atoms with Crippen molar-refractivity contribution >= 4 is 34.1 Å². The molecule has 1 atom stereocenters. The maximum Gasteiger partial charge on any atom is 0.231 e. The van der Waals surface area contributed by atoms with Gasteiger partial charge in [0.15, 0.2) is 4.34 Å². The minimum atomic E-state index is -0.838. The van der Waals surface area contributed by atoms with Gasteiger partial charge >= 0.3 is 0 Å². The number of carbonyl (C=O) groups is 1. The van der Waals surface area contributed by atoms with E-state index in [1.54, 1.807) is 14.0 Å². The quantitative estimate of drug-likeness (QED) is 0.777. The fourth-order valence-electron chi connectivity index (χ4n) is 1.12. The van der Waals surface area contributed by atoms with Crippen molar-refractivity contribution in [2.75, 3.05) is 18.1 Å². The summed E-state index contributed by atoms with van der Waals surface area (Å²) in [5, 5.41) is 23.3. The van der Waals surface area contributed by atoms with Crippen molar-refractivity contribution in [2.45, 2.75) is 30.6 Å². The molecule has 0 unspecified atom stereocenters. The van der Waals surface area contributed by atoms with E-state index in [1.165, 1.54) is 23.1 Å². The summed E-state index contributed by atoms with van der Waals surface area (Å²) in [7, 11) is 1.77. The second kappa shape index (κ2) is 6.73. The van der Waals surface area contributed by atoms with E-state index in [0.717, 1.165) is 4.34 Å². The van der Waals surface area contributed by atoms with Crippen LogP contribution in [0.3, 0.4) is 0 Å². The minimum absolute atomic E-state index is 0.0453. The van der Waals surface area contributed by atoms with E-state index >= 15 is 0 Å². The Morgan fingerprint density at radius 2 is 2.26 bits per heavy atom. The fraction of sp³-hybridized carbons (Fsp3) is 0.636. The summed E-state index contributed by atoms with van der Waals surface area (Å²) in [6.07, 6.45) is 0. The number of nitrogens with one attached hydrogen (secondary N) is 2. The summed E-state index contributed by atoms with van der Waals surface area (Å²) < 4.78 is 0.725. The molecule has 0 aliphatic heterocycles. The summed E-state index contributed by atoms with van der Waals surface area (Å²) in [6.45, 7) is 5.53. The molecular formula is C11H17N5OS2. The lowest BCUT2D eigenvalue weighted by Gasteiger charge is -2.27. The third kappa shape index (κ3) is 4.36. The van der Waals surface area contributed by atoms with E-state index in [9.17, 15) is 4.79 Å². The summed E-state index contributed by atoms with van der Waals surface area (Å²) in [5.74, 6) is 0.0929. The molecule has 0 aliphatic carbocycles. The maximum atomic E-state index is 11.8.